The average Bonchev–Trinajstić information content (AvgIpc) is 3.10. The Bertz CT molecular complexity index is 552. The third-order valence-electron chi connectivity index (χ3n) is 5.04. The fourth-order valence-corrected chi connectivity index (χ4v) is 3.75. The smallest absolute Gasteiger partial charge is 0.227 e. The third kappa shape index (κ3) is 3.89. The van der Waals surface area contributed by atoms with Gasteiger partial charge in [0.25, 0.3) is 0 Å². The van der Waals surface area contributed by atoms with Gasteiger partial charge in [-0.25, -0.2) is 8.78 Å². The molecule has 2 aliphatic rings. The van der Waals surface area contributed by atoms with Crippen molar-refractivity contribution in [3.63, 3.8) is 0 Å². The van der Waals surface area contributed by atoms with E-state index in [2.05, 4.69) is 5.32 Å². The van der Waals surface area contributed by atoms with Crippen molar-refractivity contribution in [2.45, 2.75) is 51.1 Å². The first kappa shape index (κ1) is 16.4. The van der Waals surface area contributed by atoms with Gasteiger partial charge in [-0.2, -0.15) is 0 Å². The van der Waals surface area contributed by atoms with Crippen molar-refractivity contribution in [1.82, 2.24) is 10.2 Å². The summed E-state index contributed by atoms with van der Waals surface area (Å²) in [6.07, 6.45) is 5.99. The minimum absolute atomic E-state index is 0.0408. The Morgan fingerprint density at radius 1 is 1.17 bits per heavy atom. The first-order valence-corrected chi connectivity index (χ1v) is 8.60. The summed E-state index contributed by atoms with van der Waals surface area (Å²) >= 11 is 0. The van der Waals surface area contributed by atoms with Gasteiger partial charge in [-0.3, -0.25) is 4.79 Å². The number of hydrogen-bond acceptors (Lipinski definition) is 2. The molecule has 5 heteroatoms. The minimum Gasteiger partial charge on any atom is -0.335 e. The molecule has 3 nitrogen and oxygen atoms in total. The second kappa shape index (κ2) is 7.39. The largest absolute Gasteiger partial charge is 0.335 e. The Morgan fingerprint density at radius 2 is 1.96 bits per heavy atom. The van der Waals surface area contributed by atoms with Crippen molar-refractivity contribution in [3.05, 3.63) is 35.4 Å². The maximum absolute atomic E-state index is 14.0. The molecular weight excluding hydrogens is 298 g/mol. The number of halogens is 2. The quantitative estimate of drug-likeness (QED) is 0.923. The summed E-state index contributed by atoms with van der Waals surface area (Å²) in [5.41, 5.74) is 0.272. The third-order valence-corrected chi connectivity index (χ3v) is 5.04. The molecule has 23 heavy (non-hydrogen) atoms. The van der Waals surface area contributed by atoms with Crippen LogP contribution in [-0.4, -0.2) is 29.9 Å². The number of nitrogens with zero attached hydrogens (tertiary/aromatic N) is 1. The maximum Gasteiger partial charge on any atom is 0.227 e. The van der Waals surface area contributed by atoms with Crippen molar-refractivity contribution in [3.8, 4) is 0 Å². The van der Waals surface area contributed by atoms with E-state index < -0.39 is 11.6 Å². The van der Waals surface area contributed by atoms with E-state index in [4.69, 9.17) is 0 Å². The number of benzene rings is 1. The second-order valence-corrected chi connectivity index (χ2v) is 6.68. The summed E-state index contributed by atoms with van der Waals surface area (Å²) in [4.78, 5) is 14.8. The molecule has 2 fully saturated rings. The molecule has 1 saturated heterocycles. The fraction of sp³-hybridized carbons (Fsp3) is 0.611. The lowest BCUT2D eigenvalue weighted by Gasteiger charge is -2.34. The summed E-state index contributed by atoms with van der Waals surface area (Å²) in [6.45, 7) is 1.81. The molecule has 1 aliphatic heterocycles. The number of amides is 1. The van der Waals surface area contributed by atoms with E-state index in [0.717, 1.165) is 57.2 Å². The van der Waals surface area contributed by atoms with Crippen molar-refractivity contribution in [2.75, 3.05) is 13.1 Å². The second-order valence-electron chi connectivity index (χ2n) is 6.68. The van der Waals surface area contributed by atoms with Crippen LogP contribution in [0, 0.1) is 17.6 Å². The van der Waals surface area contributed by atoms with E-state index in [1.54, 1.807) is 0 Å². The Morgan fingerprint density at radius 3 is 2.65 bits per heavy atom. The highest BCUT2D eigenvalue weighted by molar-refractivity contribution is 5.79. The van der Waals surface area contributed by atoms with Gasteiger partial charge in [0.15, 0.2) is 0 Å². The van der Waals surface area contributed by atoms with Crippen LogP contribution in [0.3, 0.4) is 0 Å². The Hall–Kier alpha value is -1.49. The van der Waals surface area contributed by atoms with E-state index in [0.29, 0.717) is 6.54 Å². The summed E-state index contributed by atoms with van der Waals surface area (Å²) in [5.74, 6) is -0.850. The normalized spacial score (nSPS) is 22.3. The maximum atomic E-state index is 14.0. The number of carbonyl (C=O) groups excluding carboxylic acids is 1. The lowest BCUT2D eigenvalue weighted by atomic mass is 9.96. The van der Waals surface area contributed by atoms with E-state index in [9.17, 15) is 13.6 Å². The van der Waals surface area contributed by atoms with E-state index in [-0.39, 0.29) is 30.0 Å². The zero-order valence-corrected chi connectivity index (χ0v) is 13.4. The van der Waals surface area contributed by atoms with Crippen molar-refractivity contribution < 1.29 is 13.6 Å². The number of nitrogens with one attached hydrogen (secondary N) is 1. The topological polar surface area (TPSA) is 32.3 Å². The van der Waals surface area contributed by atoms with E-state index in [1.807, 2.05) is 4.90 Å². The summed E-state index contributed by atoms with van der Waals surface area (Å²) in [7, 11) is 0. The van der Waals surface area contributed by atoms with Crippen LogP contribution in [0.25, 0.3) is 0 Å². The molecule has 1 aliphatic carbocycles. The molecule has 1 unspecified atom stereocenters. The van der Waals surface area contributed by atoms with Crippen LogP contribution in [0.5, 0.6) is 0 Å². The molecule has 126 valence electrons. The highest BCUT2D eigenvalue weighted by Gasteiger charge is 2.32. The first-order valence-electron chi connectivity index (χ1n) is 8.60. The SMILES string of the molecule is O=C(C1CCCNC1)N(Cc1cc(F)ccc1F)C1CCCC1. The van der Waals surface area contributed by atoms with Crippen molar-refractivity contribution in [2.24, 2.45) is 5.92 Å². The standard InChI is InChI=1S/C18H24F2N2O/c19-15-7-8-17(20)14(10-15)12-22(16-5-1-2-6-16)18(23)13-4-3-9-21-11-13/h7-8,10,13,16,21H,1-6,9,11-12H2. The van der Waals surface area contributed by atoms with Crippen molar-refractivity contribution >= 4 is 5.91 Å². The molecule has 0 bridgehead atoms. The van der Waals surface area contributed by atoms with E-state index >= 15 is 0 Å². The van der Waals surface area contributed by atoms with Gasteiger partial charge in [-0.05, 0) is 50.4 Å². The van der Waals surface area contributed by atoms with E-state index in [1.165, 1.54) is 6.07 Å². The first-order chi connectivity index (χ1) is 11.1. The molecule has 1 atom stereocenters. The number of piperidine rings is 1. The lowest BCUT2D eigenvalue weighted by Crippen LogP contribution is -2.46. The van der Waals surface area contributed by atoms with Gasteiger partial charge in [0.2, 0.25) is 5.91 Å². The molecular formula is C18H24F2N2O. The van der Waals surface area contributed by atoms with Crippen LogP contribution in [0.1, 0.15) is 44.1 Å². The minimum atomic E-state index is -0.459. The number of carbonyl (C=O) groups is 1. The van der Waals surface area contributed by atoms with Crippen molar-refractivity contribution in [1.29, 1.82) is 0 Å². The predicted molar refractivity (Wildman–Crippen MR) is 84.8 cm³/mol. The molecule has 0 aromatic heterocycles. The molecule has 0 spiro atoms. The molecule has 1 saturated carbocycles. The van der Waals surface area contributed by atoms with Crippen LogP contribution < -0.4 is 5.32 Å². The summed E-state index contributed by atoms with van der Waals surface area (Å²) in [6, 6.07) is 3.63. The van der Waals surface area contributed by atoms with Crippen LogP contribution in [0.4, 0.5) is 8.78 Å². The molecule has 1 amide bonds. The Balaban J connectivity index is 1.80. The number of hydrogen-bond donors (Lipinski definition) is 1. The molecule has 1 aromatic rings. The van der Waals surface area contributed by atoms with Gasteiger partial charge in [-0.15, -0.1) is 0 Å². The molecule has 1 heterocycles. The summed E-state index contributed by atoms with van der Waals surface area (Å²) < 4.78 is 27.5. The Kier molecular flexibility index (Phi) is 5.26. The van der Waals surface area contributed by atoms with Gasteiger partial charge in [0.05, 0.1) is 5.92 Å². The van der Waals surface area contributed by atoms with Gasteiger partial charge < -0.3 is 10.2 Å². The number of rotatable bonds is 4. The molecule has 1 N–H and O–H groups in total. The molecule has 0 radical (unpaired) electrons. The van der Waals surface area contributed by atoms with Gasteiger partial charge in [0, 0.05) is 24.7 Å². The van der Waals surface area contributed by atoms with Crippen LogP contribution in [0.15, 0.2) is 18.2 Å². The zero-order chi connectivity index (χ0) is 16.2. The van der Waals surface area contributed by atoms with Gasteiger partial charge >= 0.3 is 0 Å². The average molecular weight is 322 g/mol. The summed E-state index contributed by atoms with van der Waals surface area (Å²) in [5, 5.41) is 3.26. The van der Waals surface area contributed by atoms with Crippen LogP contribution in [0.2, 0.25) is 0 Å². The Labute approximate surface area is 136 Å². The van der Waals surface area contributed by atoms with Gasteiger partial charge in [0.1, 0.15) is 11.6 Å². The zero-order valence-electron chi connectivity index (χ0n) is 13.4. The lowest BCUT2D eigenvalue weighted by molar-refractivity contribution is -0.139. The van der Waals surface area contributed by atoms with Crippen LogP contribution in [-0.2, 0) is 11.3 Å². The highest BCUT2D eigenvalue weighted by Crippen LogP contribution is 2.28. The molecule has 3 rings (SSSR count). The van der Waals surface area contributed by atoms with Crippen LogP contribution >= 0.6 is 0 Å². The monoisotopic (exact) mass is 322 g/mol. The van der Waals surface area contributed by atoms with Gasteiger partial charge in [-0.1, -0.05) is 12.8 Å². The fourth-order valence-electron chi connectivity index (χ4n) is 3.75. The highest BCUT2D eigenvalue weighted by atomic mass is 19.1. The predicted octanol–water partition coefficient (Wildman–Crippen LogP) is 3.24. The molecule has 1 aromatic carbocycles.